The van der Waals surface area contributed by atoms with Gasteiger partial charge in [0.05, 0.1) is 52.5 Å². The molecule has 8 nitrogen and oxygen atoms in total. The maximum atomic E-state index is 11.8. The molecule has 0 aliphatic heterocycles. The molecule has 0 radical (unpaired) electrons. The van der Waals surface area contributed by atoms with Crippen molar-refractivity contribution in [3.63, 3.8) is 0 Å². The fraction of sp³-hybridized carbons (Fsp3) is 0.882. The van der Waals surface area contributed by atoms with Gasteiger partial charge in [-0.05, 0) is 5.41 Å². The second-order valence-electron chi connectivity index (χ2n) is 6.17. The van der Waals surface area contributed by atoms with Gasteiger partial charge in [-0.25, -0.2) is 0 Å². The van der Waals surface area contributed by atoms with Crippen LogP contribution in [0.25, 0.3) is 0 Å². The second-order valence-corrected chi connectivity index (χ2v) is 6.17. The number of rotatable bonds is 16. The van der Waals surface area contributed by atoms with Crippen molar-refractivity contribution in [2.45, 2.75) is 26.7 Å². The SMILES string of the molecule is COCCOCCOC(=O)CC(C)(C)CC(=O)OCCOCCOC. The van der Waals surface area contributed by atoms with Gasteiger partial charge in [0.25, 0.3) is 0 Å². The van der Waals surface area contributed by atoms with Gasteiger partial charge in [-0.3, -0.25) is 9.59 Å². The molecule has 0 rings (SSSR count). The van der Waals surface area contributed by atoms with Crippen molar-refractivity contribution in [1.29, 1.82) is 0 Å². The summed E-state index contributed by atoms with van der Waals surface area (Å²) >= 11 is 0. The van der Waals surface area contributed by atoms with Crippen LogP contribution in [0.4, 0.5) is 0 Å². The fourth-order valence-electron chi connectivity index (χ4n) is 1.86. The highest BCUT2D eigenvalue weighted by atomic mass is 16.6. The van der Waals surface area contributed by atoms with Gasteiger partial charge in [0, 0.05) is 14.2 Å². The van der Waals surface area contributed by atoms with Crippen LogP contribution in [0, 0.1) is 5.41 Å². The molecule has 0 unspecified atom stereocenters. The third-order valence-corrected chi connectivity index (χ3v) is 3.09. The van der Waals surface area contributed by atoms with E-state index < -0.39 is 5.41 Å². The molecule has 25 heavy (non-hydrogen) atoms. The molecular formula is C17H32O8. The summed E-state index contributed by atoms with van der Waals surface area (Å²) < 4.78 is 30.2. The van der Waals surface area contributed by atoms with E-state index >= 15 is 0 Å². The molecule has 0 saturated heterocycles. The molecule has 0 spiro atoms. The normalized spacial score (nSPS) is 11.4. The third kappa shape index (κ3) is 16.0. The van der Waals surface area contributed by atoms with Crippen molar-refractivity contribution >= 4 is 11.9 Å². The zero-order valence-corrected chi connectivity index (χ0v) is 15.8. The summed E-state index contributed by atoms with van der Waals surface area (Å²) in [7, 11) is 3.18. The Kier molecular flexibility index (Phi) is 14.3. The first kappa shape index (κ1) is 23.8. The first-order valence-electron chi connectivity index (χ1n) is 8.36. The number of hydrogen-bond donors (Lipinski definition) is 0. The van der Waals surface area contributed by atoms with Crippen LogP contribution in [0.1, 0.15) is 26.7 Å². The molecule has 0 aromatic rings. The lowest BCUT2D eigenvalue weighted by atomic mass is 9.86. The predicted octanol–water partition coefficient (Wildman–Crippen LogP) is 1.21. The quantitative estimate of drug-likeness (QED) is 0.298. The first-order chi connectivity index (χ1) is 11.9. The Bertz CT molecular complexity index is 325. The summed E-state index contributed by atoms with van der Waals surface area (Å²) in [5.74, 6) is -0.730. The summed E-state index contributed by atoms with van der Waals surface area (Å²) in [6.45, 7) is 6.56. The number of methoxy groups -OCH3 is 2. The van der Waals surface area contributed by atoms with Crippen LogP contribution in [0.2, 0.25) is 0 Å². The molecule has 0 aromatic carbocycles. The molecule has 148 valence electrons. The van der Waals surface area contributed by atoms with Gasteiger partial charge in [0.2, 0.25) is 0 Å². The van der Waals surface area contributed by atoms with Crippen molar-refractivity contribution < 1.29 is 38.0 Å². The first-order valence-corrected chi connectivity index (χ1v) is 8.36. The lowest BCUT2D eigenvalue weighted by Crippen LogP contribution is -2.25. The summed E-state index contributed by atoms with van der Waals surface area (Å²) in [5.41, 5.74) is -0.540. The lowest BCUT2D eigenvalue weighted by Gasteiger charge is -2.22. The Morgan fingerprint density at radius 3 is 1.36 bits per heavy atom. The van der Waals surface area contributed by atoms with Crippen LogP contribution in [-0.2, 0) is 38.0 Å². The minimum absolute atomic E-state index is 0.129. The zero-order valence-electron chi connectivity index (χ0n) is 15.8. The van der Waals surface area contributed by atoms with E-state index in [2.05, 4.69) is 0 Å². The van der Waals surface area contributed by atoms with E-state index in [-0.39, 0.29) is 38.0 Å². The average Bonchev–Trinajstić information content (AvgIpc) is 2.53. The maximum Gasteiger partial charge on any atom is 0.306 e. The smallest absolute Gasteiger partial charge is 0.306 e. The number of hydrogen-bond acceptors (Lipinski definition) is 8. The van der Waals surface area contributed by atoms with E-state index in [4.69, 9.17) is 28.4 Å². The van der Waals surface area contributed by atoms with Crippen LogP contribution >= 0.6 is 0 Å². The average molecular weight is 364 g/mol. The molecule has 0 saturated carbocycles. The van der Waals surface area contributed by atoms with E-state index in [1.807, 2.05) is 13.8 Å². The van der Waals surface area contributed by atoms with Gasteiger partial charge in [-0.1, -0.05) is 13.8 Å². The van der Waals surface area contributed by atoms with E-state index in [1.165, 1.54) is 0 Å². The van der Waals surface area contributed by atoms with Crippen molar-refractivity contribution in [2.24, 2.45) is 5.41 Å². The topological polar surface area (TPSA) is 89.5 Å². The van der Waals surface area contributed by atoms with Crippen molar-refractivity contribution in [3.8, 4) is 0 Å². The highest BCUT2D eigenvalue weighted by Crippen LogP contribution is 2.26. The Morgan fingerprint density at radius 2 is 1.00 bits per heavy atom. The Labute approximate surface area is 150 Å². The molecule has 8 heteroatoms. The van der Waals surface area contributed by atoms with Crippen LogP contribution in [0.3, 0.4) is 0 Å². The van der Waals surface area contributed by atoms with Gasteiger partial charge in [-0.15, -0.1) is 0 Å². The van der Waals surface area contributed by atoms with E-state index in [9.17, 15) is 9.59 Å². The molecular weight excluding hydrogens is 332 g/mol. The molecule has 0 aromatic heterocycles. The molecule has 0 fully saturated rings. The van der Waals surface area contributed by atoms with E-state index in [1.54, 1.807) is 14.2 Å². The Morgan fingerprint density at radius 1 is 0.640 bits per heavy atom. The third-order valence-electron chi connectivity index (χ3n) is 3.09. The van der Waals surface area contributed by atoms with Crippen LogP contribution in [0.5, 0.6) is 0 Å². The highest BCUT2D eigenvalue weighted by Gasteiger charge is 2.27. The molecule has 0 amide bonds. The Balaban J connectivity index is 3.79. The monoisotopic (exact) mass is 364 g/mol. The van der Waals surface area contributed by atoms with Gasteiger partial charge in [0.15, 0.2) is 0 Å². The lowest BCUT2D eigenvalue weighted by molar-refractivity contribution is -0.151. The predicted molar refractivity (Wildman–Crippen MR) is 90.3 cm³/mol. The summed E-state index contributed by atoms with van der Waals surface area (Å²) in [6, 6.07) is 0. The highest BCUT2D eigenvalue weighted by molar-refractivity contribution is 5.74. The molecule has 0 atom stereocenters. The Hall–Kier alpha value is -1.22. The largest absolute Gasteiger partial charge is 0.463 e. The standard InChI is InChI=1S/C17H32O8/c1-17(2,13-15(18)24-11-9-22-7-5-20-3)14-16(19)25-12-10-23-8-6-21-4/h5-14H2,1-4H3. The molecule has 0 N–H and O–H groups in total. The van der Waals surface area contributed by atoms with E-state index in [0.717, 1.165) is 0 Å². The maximum absolute atomic E-state index is 11.8. The molecule has 0 aliphatic rings. The van der Waals surface area contributed by atoms with Crippen LogP contribution < -0.4 is 0 Å². The minimum Gasteiger partial charge on any atom is -0.463 e. The van der Waals surface area contributed by atoms with Gasteiger partial charge >= 0.3 is 11.9 Å². The molecule has 0 bridgehead atoms. The fourth-order valence-corrected chi connectivity index (χ4v) is 1.86. The summed E-state index contributed by atoms with van der Waals surface area (Å²) in [5, 5.41) is 0. The number of carbonyl (C=O) groups is 2. The zero-order chi connectivity index (χ0) is 19.0. The van der Waals surface area contributed by atoms with Gasteiger partial charge in [0.1, 0.15) is 13.2 Å². The van der Waals surface area contributed by atoms with Gasteiger partial charge in [-0.2, -0.15) is 0 Å². The number of ether oxygens (including phenoxy) is 6. The second kappa shape index (κ2) is 15.1. The number of esters is 2. The van der Waals surface area contributed by atoms with Crippen LogP contribution in [0.15, 0.2) is 0 Å². The summed E-state index contributed by atoms with van der Waals surface area (Å²) in [6.07, 6.45) is 0.259. The van der Waals surface area contributed by atoms with Gasteiger partial charge < -0.3 is 28.4 Å². The van der Waals surface area contributed by atoms with Crippen molar-refractivity contribution in [3.05, 3.63) is 0 Å². The molecule has 0 heterocycles. The summed E-state index contributed by atoms with van der Waals surface area (Å²) in [4.78, 5) is 23.6. The minimum atomic E-state index is -0.540. The van der Waals surface area contributed by atoms with Crippen LogP contribution in [-0.4, -0.2) is 79.0 Å². The van der Waals surface area contributed by atoms with Crippen molar-refractivity contribution in [1.82, 2.24) is 0 Å². The molecule has 0 aliphatic carbocycles. The number of carbonyl (C=O) groups excluding carboxylic acids is 2. The van der Waals surface area contributed by atoms with E-state index in [0.29, 0.717) is 39.6 Å². The van der Waals surface area contributed by atoms with Crippen molar-refractivity contribution in [2.75, 3.05) is 67.1 Å².